The van der Waals surface area contributed by atoms with Crippen molar-refractivity contribution >= 4 is 21.7 Å². The van der Waals surface area contributed by atoms with Crippen LogP contribution in [0.4, 0.5) is 5.82 Å². The zero-order valence-corrected chi connectivity index (χ0v) is 13.5. The van der Waals surface area contributed by atoms with Gasteiger partial charge in [-0.05, 0) is 59.8 Å². The minimum absolute atomic E-state index is 0.0543. The van der Waals surface area contributed by atoms with Gasteiger partial charge in [-0.25, -0.2) is 4.98 Å². The van der Waals surface area contributed by atoms with Crippen molar-refractivity contribution in [3.05, 3.63) is 40.8 Å². The van der Waals surface area contributed by atoms with Crippen LogP contribution in [-0.4, -0.2) is 32.0 Å². The summed E-state index contributed by atoms with van der Waals surface area (Å²) in [6.07, 6.45) is 5.14. The molecule has 1 unspecified atom stereocenters. The number of anilines is 1. The molecule has 2 aromatic rings. The molecule has 6 heteroatoms. The summed E-state index contributed by atoms with van der Waals surface area (Å²) >= 11 is 3.45. The maximum absolute atomic E-state index is 10.2. The smallest absolute Gasteiger partial charge is 0.126 e. The van der Waals surface area contributed by atoms with Gasteiger partial charge in [0.05, 0.1) is 17.8 Å². The zero-order valence-electron chi connectivity index (χ0n) is 11.9. The first-order chi connectivity index (χ1) is 10.1. The molecule has 3 rings (SSSR count). The number of rotatable bonds is 4. The van der Waals surface area contributed by atoms with Crippen molar-refractivity contribution in [1.29, 1.82) is 0 Å². The molecule has 21 heavy (non-hydrogen) atoms. The Morgan fingerprint density at radius 1 is 1.43 bits per heavy atom. The van der Waals surface area contributed by atoms with E-state index in [1.165, 1.54) is 0 Å². The lowest BCUT2D eigenvalue weighted by molar-refractivity contribution is 0.166. The predicted molar refractivity (Wildman–Crippen MR) is 85.0 cm³/mol. The third kappa shape index (κ3) is 3.44. The summed E-state index contributed by atoms with van der Waals surface area (Å²) in [7, 11) is 0. The maximum Gasteiger partial charge on any atom is 0.126 e. The molecular formula is C15H19BrN4O. The van der Waals surface area contributed by atoms with Crippen LogP contribution < -0.4 is 5.32 Å². The molecule has 0 radical (unpaired) electrons. The standard InChI is InChI=1S/C15H19BrN4O/c1-10-12(16)3-4-15(18-10)19-13-7-11(8-14(13)21)9-20-6-2-5-17-20/h2-6,11,13-14,21H,7-9H2,1H3,(H,18,19)/t11?,13-,14-/m1/s1. The Morgan fingerprint density at radius 3 is 3.00 bits per heavy atom. The van der Waals surface area contributed by atoms with Gasteiger partial charge in [-0.15, -0.1) is 0 Å². The van der Waals surface area contributed by atoms with Gasteiger partial charge in [0.15, 0.2) is 0 Å². The van der Waals surface area contributed by atoms with Gasteiger partial charge in [-0.3, -0.25) is 4.68 Å². The van der Waals surface area contributed by atoms with Gasteiger partial charge in [0.2, 0.25) is 0 Å². The number of aromatic nitrogens is 3. The molecule has 112 valence electrons. The molecule has 1 aliphatic carbocycles. The Bertz CT molecular complexity index is 602. The van der Waals surface area contributed by atoms with Crippen LogP contribution in [0.15, 0.2) is 35.1 Å². The van der Waals surface area contributed by atoms with Crippen LogP contribution in [0.3, 0.4) is 0 Å². The summed E-state index contributed by atoms with van der Waals surface area (Å²) in [5.41, 5.74) is 0.945. The molecule has 1 aliphatic rings. The van der Waals surface area contributed by atoms with Crippen LogP contribution in [0.5, 0.6) is 0 Å². The molecule has 0 aromatic carbocycles. The van der Waals surface area contributed by atoms with E-state index in [-0.39, 0.29) is 12.1 Å². The first kappa shape index (κ1) is 14.5. The Hall–Kier alpha value is -1.40. The normalized spacial score (nSPS) is 25.2. The van der Waals surface area contributed by atoms with E-state index in [0.717, 1.165) is 35.4 Å². The first-order valence-corrected chi connectivity index (χ1v) is 7.96. The fraction of sp³-hybridized carbons (Fsp3) is 0.467. The van der Waals surface area contributed by atoms with E-state index < -0.39 is 0 Å². The fourth-order valence-corrected chi connectivity index (χ4v) is 3.13. The third-order valence-corrected chi connectivity index (χ3v) is 4.82. The number of pyridine rings is 1. The van der Waals surface area contributed by atoms with Crippen molar-refractivity contribution in [3.63, 3.8) is 0 Å². The second-order valence-electron chi connectivity index (χ2n) is 5.65. The summed E-state index contributed by atoms with van der Waals surface area (Å²) in [6.45, 7) is 2.82. The van der Waals surface area contributed by atoms with Crippen molar-refractivity contribution < 1.29 is 5.11 Å². The Morgan fingerprint density at radius 2 is 2.29 bits per heavy atom. The summed E-state index contributed by atoms with van der Waals surface area (Å²) in [5.74, 6) is 1.26. The van der Waals surface area contributed by atoms with Crippen molar-refractivity contribution in [3.8, 4) is 0 Å². The topological polar surface area (TPSA) is 63.0 Å². The second-order valence-corrected chi connectivity index (χ2v) is 6.50. The molecule has 2 N–H and O–H groups in total. The average Bonchev–Trinajstić information content (AvgIpc) is 3.05. The quantitative estimate of drug-likeness (QED) is 0.889. The highest BCUT2D eigenvalue weighted by Gasteiger charge is 2.33. The molecule has 0 spiro atoms. The number of aryl methyl sites for hydroxylation is 1. The highest BCUT2D eigenvalue weighted by molar-refractivity contribution is 9.10. The van der Waals surface area contributed by atoms with Crippen LogP contribution in [0.2, 0.25) is 0 Å². The molecular weight excluding hydrogens is 332 g/mol. The molecule has 0 aliphatic heterocycles. The van der Waals surface area contributed by atoms with E-state index in [9.17, 15) is 5.11 Å². The first-order valence-electron chi connectivity index (χ1n) is 7.17. The lowest BCUT2D eigenvalue weighted by atomic mass is 10.1. The van der Waals surface area contributed by atoms with E-state index in [1.807, 2.05) is 36.0 Å². The third-order valence-electron chi connectivity index (χ3n) is 3.99. The van der Waals surface area contributed by atoms with Gasteiger partial charge in [-0.2, -0.15) is 5.10 Å². The highest BCUT2D eigenvalue weighted by Crippen LogP contribution is 2.29. The van der Waals surface area contributed by atoms with E-state index >= 15 is 0 Å². The van der Waals surface area contributed by atoms with Gasteiger partial charge < -0.3 is 10.4 Å². The van der Waals surface area contributed by atoms with Crippen molar-refractivity contribution in [2.24, 2.45) is 5.92 Å². The average molecular weight is 351 g/mol. The number of hydrogen-bond donors (Lipinski definition) is 2. The Kier molecular flexibility index (Phi) is 4.26. The van der Waals surface area contributed by atoms with Crippen LogP contribution >= 0.6 is 15.9 Å². The molecule has 5 nitrogen and oxygen atoms in total. The molecule has 0 saturated heterocycles. The second kappa shape index (κ2) is 6.15. The monoisotopic (exact) mass is 350 g/mol. The fourth-order valence-electron chi connectivity index (χ4n) is 2.91. The minimum atomic E-state index is -0.337. The van der Waals surface area contributed by atoms with Crippen LogP contribution in [0.1, 0.15) is 18.5 Å². The largest absolute Gasteiger partial charge is 0.391 e. The summed E-state index contributed by atoms with van der Waals surface area (Å²) < 4.78 is 2.93. The van der Waals surface area contributed by atoms with Crippen molar-refractivity contribution in [2.45, 2.75) is 38.5 Å². The van der Waals surface area contributed by atoms with Gasteiger partial charge in [0.25, 0.3) is 0 Å². The van der Waals surface area contributed by atoms with Crippen LogP contribution in [-0.2, 0) is 6.54 Å². The van der Waals surface area contributed by atoms with Gasteiger partial charge in [-0.1, -0.05) is 0 Å². The molecule has 1 fully saturated rings. The van der Waals surface area contributed by atoms with Crippen molar-refractivity contribution in [1.82, 2.24) is 14.8 Å². The number of nitrogens with zero attached hydrogens (tertiary/aromatic N) is 3. The zero-order chi connectivity index (χ0) is 14.8. The van der Waals surface area contributed by atoms with E-state index in [0.29, 0.717) is 5.92 Å². The van der Waals surface area contributed by atoms with E-state index in [1.54, 1.807) is 6.20 Å². The molecule has 2 aromatic heterocycles. The SMILES string of the molecule is Cc1nc(N[C@@H]2CC(Cn3cccn3)C[C@H]2O)ccc1Br. The lowest BCUT2D eigenvalue weighted by Gasteiger charge is -2.17. The number of hydrogen-bond acceptors (Lipinski definition) is 4. The number of aliphatic hydroxyl groups excluding tert-OH is 1. The number of halogens is 1. The van der Waals surface area contributed by atoms with E-state index in [2.05, 4.69) is 31.3 Å². The van der Waals surface area contributed by atoms with E-state index in [4.69, 9.17) is 0 Å². The summed E-state index contributed by atoms with van der Waals surface area (Å²) in [5, 5.41) is 17.8. The number of aliphatic hydroxyl groups is 1. The van der Waals surface area contributed by atoms with Gasteiger partial charge in [0, 0.05) is 23.4 Å². The number of nitrogens with one attached hydrogen (secondary N) is 1. The van der Waals surface area contributed by atoms with Gasteiger partial charge >= 0.3 is 0 Å². The summed E-state index contributed by atoms with van der Waals surface area (Å²) in [4.78, 5) is 4.48. The van der Waals surface area contributed by atoms with Gasteiger partial charge in [0.1, 0.15) is 5.82 Å². The molecule has 0 amide bonds. The molecule has 0 bridgehead atoms. The minimum Gasteiger partial charge on any atom is -0.391 e. The molecule has 3 atom stereocenters. The predicted octanol–water partition coefficient (Wildman–Crippen LogP) is 2.60. The highest BCUT2D eigenvalue weighted by atomic mass is 79.9. The van der Waals surface area contributed by atoms with Crippen LogP contribution in [0, 0.1) is 12.8 Å². The molecule has 2 heterocycles. The van der Waals surface area contributed by atoms with Crippen LogP contribution in [0.25, 0.3) is 0 Å². The molecule has 1 saturated carbocycles. The maximum atomic E-state index is 10.2. The Balaban J connectivity index is 1.62. The summed E-state index contributed by atoms with van der Waals surface area (Å²) in [6, 6.07) is 5.90. The Labute approximate surface area is 132 Å². The lowest BCUT2D eigenvalue weighted by Crippen LogP contribution is -2.28. The van der Waals surface area contributed by atoms with Crippen molar-refractivity contribution in [2.75, 3.05) is 5.32 Å².